The van der Waals surface area contributed by atoms with Gasteiger partial charge in [-0.3, -0.25) is 4.98 Å². The molecule has 0 unspecified atom stereocenters. The monoisotopic (exact) mass is 299 g/mol. The maximum atomic E-state index is 6.28. The highest BCUT2D eigenvalue weighted by Crippen LogP contribution is 2.37. The van der Waals surface area contributed by atoms with E-state index in [9.17, 15) is 0 Å². The summed E-state index contributed by atoms with van der Waals surface area (Å²) < 4.78 is 6.28. The minimum absolute atomic E-state index is 0.238. The summed E-state index contributed by atoms with van der Waals surface area (Å²) in [6.07, 6.45) is 3.67. The highest BCUT2D eigenvalue weighted by atomic mass is 28.4. The van der Waals surface area contributed by atoms with Gasteiger partial charge in [0.05, 0.1) is 12.1 Å². The summed E-state index contributed by atoms with van der Waals surface area (Å²) in [5.41, 5.74) is 3.26. The van der Waals surface area contributed by atoms with E-state index >= 15 is 0 Å². The van der Waals surface area contributed by atoms with Crippen LogP contribution in [-0.4, -0.2) is 13.3 Å². The van der Waals surface area contributed by atoms with E-state index in [2.05, 4.69) is 69.7 Å². The van der Waals surface area contributed by atoms with Gasteiger partial charge in [0.1, 0.15) is 0 Å². The van der Waals surface area contributed by atoms with Crippen molar-refractivity contribution >= 4 is 25.3 Å². The number of fused-ring (bicyclic) bond motifs is 1. The van der Waals surface area contributed by atoms with Crippen molar-refractivity contribution in [2.45, 2.75) is 45.5 Å². The van der Waals surface area contributed by atoms with Crippen molar-refractivity contribution in [2.24, 2.45) is 0 Å². The second kappa shape index (κ2) is 5.74. The number of nitrogens with zero attached hydrogens (tertiary/aromatic N) is 1. The van der Waals surface area contributed by atoms with E-state index in [0.29, 0.717) is 6.61 Å². The molecule has 2 rings (SSSR count). The third-order valence-electron chi connectivity index (χ3n) is 4.41. The molecule has 0 aliphatic carbocycles. The average Bonchev–Trinajstić information content (AvgIpc) is 2.43. The van der Waals surface area contributed by atoms with Crippen molar-refractivity contribution in [2.75, 3.05) is 0 Å². The third-order valence-corrected chi connectivity index (χ3v) is 8.89. The van der Waals surface area contributed by atoms with Crippen LogP contribution in [0.4, 0.5) is 0 Å². The molecule has 0 radical (unpaired) electrons. The van der Waals surface area contributed by atoms with E-state index < -0.39 is 8.32 Å². The molecule has 1 aromatic heterocycles. The Kier molecular flexibility index (Phi) is 4.35. The quantitative estimate of drug-likeness (QED) is 0.705. The Hall–Kier alpha value is -1.45. The first-order chi connectivity index (χ1) is 9.73. The largest absolute Gasteiger partial charge is 0.413 e. The summed E-state index contributed by atoms with van der Waals surface area (Å²) in [6, 6.07) is 8.45. The lowest BCUT2D eigenvalue weighted by Gasteiger charge is -2.36. The van der Waals surface area contributed by atoms with Crippen molar-refractivity contribution in [1.82, 2.24) is 4.98 Å². The molecule has 0 N–H and O–H groups in total. The van der Waals surface area contributed by atoms with Crippen LogP contribution in [0, 0.1) is 0 Å². The van der Waals surface area contributed by atoms with E-state index in [1.165, 1.54) is 5.56 Å². The molecule has 2 aromatic rings. The topological polar surface area (TPSA) is 22.1 Å². The first kappa shape index (κ1) is 15.9. The lowest BCUT2D eigenvalue weighted by Crippen LogP contribution is -2.40. The van der Waals surface area contributed by atoms with E-state index in [0.717, 1.165) is 16.5 Å². The van der Waals surface area contributed by atoms with Crippen LogP contribution in [0.15, 0.2) is 37.0 Å². The van der Waals surface area contributed by atoms with Crippen LogP contribution in [-0.2, 0) is 11.0 Å². The zero-order chi connectivity index (χ0) is 15.7. The smallest absolute Gasteiger partial charge is 0.192 e. The molecule has 0 aliphatic rings. The molecule has 0 amide bonds. The van der Waals surface area contributed by atoms with Crippen molar-refractivity contribution < 1.29 is 4.43 Å². The summed E-state index contributed by atoms with van der Waals surface area (Å²) in [5, 5.41) is 1.38. The minimum atomic E-state index is -1.70. The standard InChI is InChI=1S/C18H25NOSi/c1-7-14-10-16-11-15(8-9-17(16)19-12-14)13-20-21(5,6)18(2,3)4/h7-12H,1,13H2,2-6H3. The highest BCUT2D eigenvalue weighted by molar-refractivity contribution is 6.74. The maximum absolute atomic E-state index is 6.28. The fourth-order valence-electron chi connectivity index (χ4n) is 1.88. The van der Waals surface area contributed by atoms with Gasteiger partial charge in [-0.25, -0.2) is 0 Å². The van der Waals surface area contributed by atoms with Gasteiger partial charge in [0.25, 0.3) is 0 Å². The first-order valence-electron chi connectivity index (χ1n) is 7.38. The summed E-state index contributed by atoms with van der Waals surface area (Å²) in [4.78, 5) is 4.44. The Morgan fingerprint density at radius 2 is 1.95 bits per heavy atom. The Morgan fingerprint density at radius 3 is 2.57 bits per heavy atom. The van der Waals surface area contributed by atoms with Gasteiger partial charge in [-0.1, -0.05) is 39.5 Å². The number of aromatic nitrogens is 1. The Labute approximate surface area is 129 Å². The van der Waals surface area contributed by atoms with Gasteiger partial charge >= 0.3 is 0 Å². The van der Waals surface area contributed by atoms with Crippen molar-refractivity contribution in [1.29, 1.82) is 0 Å². The van der Waals surface area contributed by atoms with Crippen LogP contribution in [0.1, 0.15) is 31.9 Å². The number of pyridine rings is 1. The van der Waals surface area contributed by atoms with E-state index in [-0.39, 0.29) is 5.04 Å². The van der Waals surface area contributed by atoms with E-state index in [4.69, 9.17) is 4.43 Å². The highest BCUT2D eigenvalue weighted by Gasteiger charge is 2.36. The molecule has 21 heavy (non-hydrogen) atoms. The SMILES string of the molecule is C=Cc1cnc2ccc(CO[Si](C)(C)C(C)(C)C)cc2c1. The van der Waals surface area contributed by atoms with Crippen molar-refractivity contribution in [3.05, 3.63) is 48.2 Å². The van der Waals surface area contributed by atoms with Crippen LogP contribution in [0.2, 0.25) is 18.1 Å². The van der Waals surface area contributed by atoms with Crippen molar-refractivity contribution in [3.8, 4) is 0 Å². The van der Waals surface area contributed by atoms with Gasteiger partial charge in [0, 0.05) is 11.6 Å². The van der Waals surface area contributed by atoms with Crippen LogP contribution in [0.25, 0.3) is 17.0 Å². The van der Waals surface area contributed by atoms with Crippen LogP contribution in [0.3, 0.4) is 0 Å². The normalized spacial score (nSPS) is 12.6. The van der Waals surface area contributed by atoms with Crippen LogP contribution < -0.4 is 0 Å². The second-order valence-corrected chi connectivity index (χ2v) is 11.9. The van der Waals surface area contributed by atoms with E-state index in [1.54, 1.807) is 0 Å². The summed E-state index contributed by atoms with van der Waals surface area (Å²) >= 11 is 0. The van der Waals surface area contributed by atoms with Gasteiger partial charge in [-0.15, -0.1) is 0 Å². The van der Waals surface area contributed by atoms with Gasteiger partial charge in [0.2, 0.25) is 0 Å². The Bertz CT molecular complexity index is 656. The molecule has 0 aliphatic heterocycles. The zero-order valence-electron chi connectivity index (χ0n) is 13.7. The van der Waals surface area contributed by atoms with Gasteiger partial charge in [-0.2, -0.15) is 0 Å². The fraction of sp³-hybridized carbons (Fsp3) is 0.389. The van der Waals surface area contributed by atoms with Gasteiger partial charge < -0.3 is 4.43 Å². The third kappa shape index (κ3) is 3.60. The number of hydrogen-bond acceptors (Lipinski definition) is 2. The number of hydrogen-bond donors (Lipinski definition) is 0. The average molecular weight is 299 g/mol. The molecule has 1 aromatic carbocycles. The molecule has 2 nitrogen and oxygen atoms in total. The van der Waals surface area contributed by atoms with Gasteiger partial charge in [0.15, 0.2) is 8.32 Å². The zero-order valence-corrected chi connectivity index (χ0v) is 14.7. The van der Waals surface area contributed by atoms with E-state index in [1.807, 2.05) is 12.3 Å². The second-order valence-electron chi connectivity index (χ2n) is 7.05. The van der Waals surface area contributed by atoms with Crippen molar-refractivity contribution in [3.63, 3.8) is 0 Å². The molecule has 3 heteroatoms. The molecule has 112 valence electrons. The summed E-state index contributed by atoms with van der Waals surface area (Å²) in [5.74, 6) is 0. The molecular formula is C18H25NOSi. The number of benzene rings is 1. The molecule has 0 spiro atoms. The van der Waals surface area contributed by atoms with Crippen LogP contribution >= 0.6 is 0 Å². The fourth-order valence-corrected chi connectivity index (χ4v) is 2.84. The predicted molar refractivity (Wildman–Crippen MR) is 93.8 cm³/mol. The summed E-state index contributed by atoms with van der Waals surface area (Å²) in [6.45, 7) is 15.8. The Morgan fingerprint density at radius 1 is 1.24 bits per heavy atom. The summed E-state index contributed by atoms with van der Waals surface area (Å²) in [7, 11) is -1.70. The van der Waals surface area contributed by atoms with Gasteiger partial charge in [-0.05, 0) is 47.5 Å². The lowest BCUT2D eigenvalue weighted by molar-refractivity contribution is 0.276. The predicted octanol–water partition coefficient (Wildman–Crippen LogP) is 5.40. The molecule has 0 saturated carbocycles. The number of rotatable bonds is 4. The first-order valence-corrected chi connectivity index (χ1v) is 10.3. The molecule has 0 bridgehead atoms. The molecule has 0 saturated heterocycles. The molecule has 1 heterocycles. The molecule has 0 atom stereocenters. The van der Waals surface area contributed by atoms with Crippen LogP contribution in [0.5, 0.6) is 0 Å². The minimum Gasteiger partial charge on any atom is -0.413 e. The maximum Gasteiger partial charge on any atom is 0.192 e. The molecule has 0 fully saturated rings. The molecular weight excluding hydrogens is 274 g/mol. The Balaban J connectivity index is 2.21. The lowest BCUT2D eigenvalue weighted by atomic mass is 10.1.